The predicted octanol–water partition coefficient (Wildman–Crippen LogP) is 4.36. The number of piperidine rings is 1. The summed E-state index contributed by atoms with van der Waals surface area (Å²) in [5, 5.41) is 11.2. The van der Waals surface area contributed by atoms with Crippen molar-refractivity contribution in [3.63, 3.8) is 0 Å². The van der Waals surface area contributed by atoms with Crippen LogP contribution in [0, 0.1) is 6.92 Å². The first-order chi connectivity index (χ1) is 13.7. The number of thioether (sulfide) groups is 1. The maximum absolute atomic E-state index is 12.2. The Hall–Kier alpha value is -2.74. The fourth-order valence-corrected chi connectivity index (χ4v) is 3.78. The average molecular weight is 398 g/mol. The van der Waals surface area contributed by atoms with Crippen LogP contribution in [-0.4, -0.2) is 34.9 Å². The van der Waals surface area contributed by atoms with E-state index in [2.05, 4.69) is 32.5 Å². The number of aromatic nitrogens is 2. The highest BCUT2D eigenvalue weighted by Gasteiger charge is 2.15. The Morgan fingerprint density at radius 3 is 2.64 bits per heavy atom. The van der Waals surface area contributed by atoms with Gasteiger partial charge in [0.25, 0.3) is 11.1 Å². The molecule has 0 spiro atoms. The third kappa shape index (κ3) is 4.39. The zero-order chi connectivity index (χ0) is 19.3. The van der Waals surface area contributed by atoms with Gasteiger partial charge in [-0.1, -0.05) is 11.8 Å². The molecule has 0 aliphatic carbocycles. The lowest BCUT2D eigenvalue weighted by molar-refractivity contribution is -0.113. The predicted molar refractivity (Wildman–Crippen MR) is 109 cm³/mol. The molecular formula is C20H22N4O3S. The molecule has 1 aliphatic rings. The number of benzene rings is 1. The quantitative estimate of drug-likeness (QED) is 0.618. The Morgan fingerprint density at radius 1 is 1.14 bits per heavy atom. The molecule has 0 radical (unpaired) electrons. The normalized spacial score (nSPS) is 14.2. The topological polar surface area (TPSA) is 84.4 Å². The van der Waals surface area contributed by atoms with Crippen LogP contribution in [-0.2, 0) is 4.79 Å². The number of furan rings is 1. The van der Waals surface area contributed by atoms with Gasteiger partial charge in [-0.3, -0.25) is 4.79 Å². The molecular weight excluding hydrogens is 376 g/mol. The largest absolute Gasteiger partial charge is 0.469 e. The van der Waals surface area contributed by atoms with Crippen molar-refractivity contribution in [1.29, 1.82) is 0 Å². The van der Waals surface area contributed by atoms with E-state index < -0.39 is 0 Å². The Balaban J connectivity index is 1.29. The summed E-state index contributed by atoms with van der Waals surface area (Å²) in [5.41, 5.74) is 2.75. The fraction of sp³-hybridized carbons (Fsp3) is 0.350. The third-order valence-corrected chi connectivity index (χ3v) is 5.51. The number of amides is 1. The first kappa shape index (κ1) is 18.6. The van der Waals surface area contributed by atoms with Crippen molar-refractivity contribution in [2.24, 2.45) is 0 Å². The third-order valence-electron chi connectivity index (χ3n) is 4.69. The lowest BCUT2D eigenvalue weighted by Crippen LogP contribution is -2.29. The van der Waals surface area contributed by atoms with Crippen molar-refractivity contribution in [3.8, 4) is 11.5 Å². The molecule has 0 unspecified atom stereocenters. The van der Waals surface area contributed by atoms with Crippen LogP contribution in [0.1, 0.15) is 25.0 Å². The molecule has 3 aromatic rings. The van der Waals surface area contributed by atoms with Crippen molar-refractivity contribution in [3.05, 3.63) is 42.4 Å². The number of nitrogens with zero attached hydrogens (tertiary/aromatic N) is 3. The summed E-state index contributed by atoms with van der Waals surface area (Å²) in [7, 11) is 0. The van der Waals surface area contributed by atoms with Gasteiger partial charge in [-0.05, 0) is 56.5 Å². The Kier molecular flexibility index (Phi) is 5.66. The van der Waals surface area contributed by atoms with E-state index in [-0.39, 0.29) is 11.7 Å². The minimum absolute atomic E-state index is 0.116. The number of carbonyl (C=O) groups is 1. The van der Waals surface area contributed by atoms with Crippen molar-refractivity contribution >= 4 is 29.0 Å². The molecule has 4 rings (SSSR count). The lowest BCUT2D eigenvalue weighted by atomic mass is 10.1. The molecule has 0 bridgehead atoms. The molecule has 7 nitrogen and oxygen atoms in total. The smallest absolute Gasteiger partial charge is 0.277 e. The molecule has 0 atom stereocenters. The van der Waals surface area contributed by atoms with Crippen LogP contribution in [0.15, 0.2) is 50.7 Å². The molecule has 146 valence electrons. The zero-order valence-corrected chi connectivity index (χ0v) is 16.5. The fourth-order valence-electron chi connectivity index (χ4n) is 3.22. The molecule has 8 heteroatoms. The van der Waals surface area contributed by atoms with Gasteiger partial charge in [0.1, 0.15) is 5.76 Å². The summed E-state index contributed by atoms with van der Waals surface area (Å²) in [6.07, 6.45) is 5.37. The number of anilines is 2. The van der Waals surface area contributed by atoms with Gasteiger partial charge >= 0.3 is 0 Å². The highest BCUT2D eigenvalue weighted by molar-refractivity contribution is 7.99. The minimum Gasteiger partial charge on any atom is -0.469 e. The van der Waals surface area contributed by atoms with E-state index in [1.807, 2.05) is 19.1 Å². The zero-order valence-electron chi connectivity index (χ0n) is 15.7. The van der Waals surface area contributed by atoms with Crippen LogP contribution in [0.4, 0.5) is 11.4 Å². The summed E-state index contributed by atoms with van der Waals surface area (Å²) < 4.78 is 10.8. The van der Waals surface area contributed by atoms with Crippen LogP contribution < -0.4 is 10.2 Å². The van der Waals surface area contributed by atoms with Gasteiger partial charge in [0, 0.05) is 24.5 Å². The number of hydrogen-bond donors (Lipinski definition) is 1. The van der Waals surface area contributed by atoms with Crippen molar-refractivity contribution in [2.45, 2.75) is 31.4 Å². The highest BCUT2D eigenvalue weighted by Crippen LogP contribution is 2.26. The Labute approximate surface area is 167 Å². The molecule has 1 aliphatic heterocycles. The molecule has 1 aromatic carbocycles. The van der Waals surface area contributed by atoms with Gasteiger partial charge in [-0.25, -0.2) is 0 Å². The lowest BCUT2D eigenvalue weighted by Gasteiger charge is -2.28. The van der Waals surface area contributed by atoms with E-state index in [4.69, 9.17) is 8.83 Å². The van der Waals surface area contributed by atoms with Crippen LogP contribution in [0.3, 0.4) is 0 Å². The monoisotopic (exact) mass is 398 g/mol. The Morgan fingerprint density at radius 2 is 1.93 bits per heavy atom. The first-order valence-corrected chi connectivity index (χ1v) is 10.3. The van der Waals surface area contributed by atoms with Crippen LogP contribution in [0.2, 0.25) is 0 Å². The molecule has 1 N–H and O–H groups in total. The number of nitrogens with one attached hydrogen (secondary N) is 1. The maximum Gasteiger partial charge on any atom is 0.277 e. The molecule has 2 aromatic heterocycles. The summed E-state index contributed by atoms with van der Waals surface area (Å²) >= 11 is 1.21. The molecule has 1 fully saturated rings. The van der Waals surface area contributed by atoms with Gasteiger partial charge in [0.05, 0.1) is 17.6 Å². The van der Waals surface area contributed by atoms with Crippen molar-refractivity contribution in [2.75, 3.05) is 29.1 Å². The first-order valence-electron chi connectivity index (χ1n) is 9.35. The summed E-state index contributed by atoms with van der Waals surface area (Å²) in [4.78, 5) is 14.6. The van der Waals surface area contributed by atoms with Crippen LogP contribution in [0.25, 0.3) is 11.5 Å². The second kappa shape index (κ2) is 8.52. The van der Waals surface area contributed by atoms with E-state index in [0.717, 1.165) is 24.3 Å². The summed E-state index contributed by atoms with van der Waals surface area (Å²) in [5.74, 6) is 1.18. The van der Waals surface area contributed by atoms with E-state index in [1.54, 1.807) is 12.3 Å². The molecule has 28 heavy (non-hydrogen) atoms. The number of aryl methyl sites for hydroxylation is 1. The van der Waals surface area contributed by atoms with Crippen LogP contribution >= 0.6 is 11.8 Å². The van der Waals surface area contributed by atoms with Crippen molar-refractivity contribution in [1.82, 2.24) is 10.2 Å². The van der Waals surface area contributed by atoms with Crippen molar-refractivity contribution < 1.29 is 13.6 Å². The van der Waals surface area contributed by atoms with Gasteiger partial charge in [0.15, 0.2) is 0 Å². The maximum atomic E-state index is 12.2. The number of carbonyl (C=O) groups excluding carboxylic acids is 1. The van der Waals surface area contributed by atoms with Gasteiger partial charge in [-0.2, -0.15) is 0 Å². The van der Waals surface area contributed by atoms with Gasteiger partial charge < -0.3 is 19.1 Å². The standard InChI is InChI=1S/C20H22N4O3S/c1-14-17(9-12-26-14)19-22-23-20(27-19)28-13-18(25)21-15-5-7-16(8-6-15)24-10-3-2-4-11-24/h5-9,12H,2-4,10-11,13H2,1H3,(H,21,25). The highest BCUT2D eigenvalue weighted by atomic mass is 32.2. The van der Waals surface area contributed by atoms with Gasteiger partial charge in [0.2, 0.25) is 5.91 Å². The number of hydrogen-bond acceptors (Lipinski definition) is 7. The van der Waals surface area contributed by atoms with E-state index in [0.29, 0.717) is 16.9 Å². The summed E-state index contributed by atoms with van der Waals surface area (Å²) in [6, 6.07) is 9.78. The summed E-state index contributed by atoms with van der Waals surface area (Å²) in [6.45, 7) is 4.04. The SMILES string of the molecule is Cc1occc1-c1nnc(SCC(=O)Nc2ccc(N3CCCCC3)cc2)o1. The molecule has 1 amide bonds. The van der Waals surface area contributed by atoms with Crippen LogP contribution in [0.5, 0.6) is 0 Å². The molecule has 3 heterocycles. The molecule has 0 saturated carbocycles. The van der Waals surface area contributed by atoms with Gasteiger partial charge in [-0.15, -0.1) is 10.2 Å². The second-order valence-electron chi connectivity index (χ2n) is 6.70. The van der Waals surface area contributed by atoms with E-state index in [9.17, 15) is 4.79 Å². The molecule has 1 saturated heterocycles. The Bertz CT molecular complexity index is 929. The minimum atomic E-state index is -0.116. The second-order valence-corrected chi connectivity index (χ2v) is 7.62. The van der Waals surface area contributed by atoms with E-state index >= 15 is 0 Å². The van der Waals surface area contributed by atoms with E-state index in [1.165, 1.54) is 36.7 Å². The number of rotatable bonds is 6. The average Bonchev–Trinajstić information content (AvgIpc) is 3.36.